The summed E-state index contributed by atoms with van der Waals surface area (Å²) in [6.07, 6.45) is 0. The Morgan fingerprint density at radius 1 is 0.647 bits per heavy atom. The van der Waals surface area contributed by atoms with Gasteiger partial charge in [-0.05, 0) is 55.5 Å². The lowest BCUT2D eigenvalue weighted by Crippen LogP contribution is -2.34. The SMILES string of the molecule is COc1cc(OC)cc(C(=O)NCCNC(=O)c2ccc(NC(=O)c3ccc(C)cc3)cc2)c1. The number of carbonyl (C=O) groups is 3. The molecule has 0 radical (unpaired) electrons. The number of anilines is 1. The van der Waals surface area contributed by atoms with E-state index < -0.39 is 0 Å². The first-order valence-electron chi connectivity index (χ1n) is 10.7. The van der Waals surface area contributed by atoms with Crippen LogP contribution in [0.1, 0.15) is 36.6 Å². The zero-order valence-corrected chi connectivity index (χ0v) is 19.3. The van der Waals surface area contributed by atoms with Crippen LogP contribution in [0, 0.1) is 6.92 Å². The van der Waals surface area contributed by atoms with Crippen LogP contribution in [0.2, 0.25) is 0 Å². The Morgan fingerprint density at radius 3 is 1.65 bits per heavy atom. The van der Waals surface area contributed by atoms with Crippen LogP contribution >= 0.6 is 0 Å². The Morgan fingerprint density at radius 2 is 1.12 bits per heavy atom. The molecule has 8 nitrogen and oxygen atoms in total. The minimum absolute atomic E-state index is 0.221. The summed E-state index contributed by atoms with van der Waals surface area (Å²) in [5, 5.41) is 8.30. The first kappa shape index (κ1) is 24.3. The van der Waals surface area contributed by atoms with Crippen LogP contribution < -0.4 is 25.4 Å². The van der Waals surface area contributed by atoms with Crippen molar-refractivity contribution in [1.29, 1.82) is 0 Å². The smallest absolute Gasteiger partial charge is 0.255 e. The summed E-state index contributed by atoms with van der Waals surface area (Å²) in [7, 11) is 3.02. The lowest BCUT2D eigenvalue weighted by Gasteiger charge is -2.10. The highest BCUT2D eigenvalue weighted by molar-refractivity contribution is 6.04. The topological polar surface area (TPSA) is 106 Å². The summed E-state index contributed by atoms with van der Waals surface area (Å²) >= 11 is 0. The summed E-state index contributed by atoms with van der Waals surface area (Å²) in [4.78, 5) is 37.0. The average Bonchev–Trinajstić information content (AvgIpc) is 2.86. The Labute approximate surface area is 198 Å². The van der Waals surface area contributed by atoms with Crippen molar-refractivity contribution in [1.82, 2.24) is 10.6 Å². The van der Waals surface area contributed by atoms with Gasteiger partial charge in [0.05, 0.1) is 14.2 Å². The number of hydrogen-bond donors (Lipinski definition) is 3. The maximum Gasteiger partial charge on any atom is 0.255 e. The van der Waals surface area contributed by atoms with Crippen LogP contribution in [0.5, 0.6) is 11.5 Å². The summed E-state index contributed by atoms with van der Waals surface area (Å²) in [5.74, 6) is 0.211. The minimum Gasteiger partial charge on any atom is -0.497 e. The molecule has 3 N–H and O–H groups in total. The zero-order chi connectivity index (χ0) is 24.5. The zero-order valence-electron chi connectivity index (χ0n) is 19.3. The predicted octanol–water partition coefficient (Wildman–Crippen LogP) is 3.42. The Hall–Kier alpha value is -4.33. The second kappa shape index (κ2) is 11.5. The number of amides is 3. The van der Waals surface area contributed by atoms with Gasteiger partial charge in [-0.15, -0.1) is 0 Å². The molecular weight excluding hydrogens is 434 g/mol. The van der Waals surface area contributed by atoms with E-state index in [1.807, 2.05) is 19.1 Å². The third-order valence-corrected chi connectivity index (χ3v) is 5.03. The molecule has 0 unspecified atom stereocenters. The highest BCUT2D eigenvalue weighted by Crippen LogP contribution is 2.22. The van der Waals surface area contributed by atoms with E-state index in [1.165, 1.54) is 14.2 Å². The van der Waals surface area contributed by atoms with E-state index in [1.54, 1.807) is 54.6 Å². The third kappa shape index (κ3) is 6.59. The molecular formula is C26H27N3O5. The van der Waals surface area contributed by atoms with Gasteiger partial charge in [0.25, 0.3) is 17.7 Å². The fourth-order valence-corrected chi connectivity index (χ4v) is 3.11. The van der Waals surface area contributed by atoms with Gasteiger partial charge in [0.2, 0.25) is 0 Å². The molecule has 176 valence electrons. The molecule has 0 aromatic heterocycles. The molecule has 0 fully saturated rings. The fraction of sp³-hybridized carbons (Fsp3) is 0.192. The van der Waals surface area contributed by atoms with Crippen molar-refractivity contribution in [2.75, 3.05) is 32.6 Å². The predicted molar refractivity (Wildman–Crippen MR) is 130 cm³/mol. The van der Waals surface area contributed by atoms with Crippen LogP contribution in [-0.2, 0) is 0 Å². The van der Waals surface area contributed by atoms with Crippen LogP contribution in [0.15, 0.2) is 66.7 Å². The number of nitrogens with one attached hydrogen (secondary N) is 3. The Kier molecular flexibility index (Phi) is 8.23. The molecule has 3 aromatic carbocycles. The Balaban J connectivity index is 1.46. The van der Waals surface area contributed by atoms with Crippen molar-refractivity contribution in [3.8, 4) is 11.5 Å². The molecule has 0 aliphatic carbocycles. The lowest BCUT2D eigenvalue weighted by atomic mass is 10.1. The first-order chi connectivity index (χ1) is 16.4. The number of ether oxygens (including phenoxy) is 2. The molecule has 0 atom stereocenters. The van der Waals surface area contributed by atoms with E-state index in [4.69, 9.17) is 9.47 Å². The van der Waals surface area contributed by atoms with Crippen molar-refractivity contribution in [2.24, 2.45) is 0 Å². The van der Waals surface area contributed by atoms with Crippen LogP contribution in [0.3, 0.4) is 0 Å². The van der Waals surface area contributed by atoms with Gasteiger partial charge in [0.15, 0.2) is 0 Å². The van der Waals surface area contributed by atoms with Crippen LogP contribution in [0.25, 0.3) is 0 Å². The largest absolute Gasteiger partial charge is 0.497 e. The normalized spacial score (nSPS) is 10.2. The second-order valence-electron chi connectivity index (χ2n) is 7.51. The second-order valence-corrected chi connectivity index (χ2v) is 7.51. The average molecular weight is 462 g/mol. The number of aryl methyl sites for hydroxylation is 1. The van der Waals surface area contributed by atoms with Crippen molar-refractivity contribution in [3.05, 3.63) is 89.0 Å². The minimum atomic E-state index is -0.305. The van der Waals surface area contributed by atoms with E-state index in [0.717, 1.165) is 5.56 Å². The molecule has 34 heavy (non-hydrogen) atoms. The highest BCUT2D eigenvalue weighted by Gasteiger charge is 2.11. The number of benzene rings is 3. The summed E-state index contributed by atoms with van der Waals surface area (Å²) in [6, 6.07) is 18.7. The monoisotopic (exact) mass is 461 g/mol. The maximum atomic E-state index is 12.4. The van der Waals surface area contributed by atoms with Crippen molar-refractivity contribution in [2.45, 2.75) is 6.92 Å². The molecule has 3 aromatic rings. The molecule has 3 rings (SSSR count). The van der Waals surface area contributed by atoms with Gasteiger partial charge in [-0.25, -0.2) is 0 Å². The van der Waals surface area contributed by atoms with Gasteiger partial charge >= 0.3 is 0 Å². The van der Waals surface area contributed by atoms with Crippen molar-refractivity contribution >= 4 is 23.4 Å². The number of methoxy groups -OCH3 is 2. The van der Waals surface area contributed by atoms with Crippen LogP contribution in [-0.4, -0.2) is 45.0 Å². The molecule has 0 saturated heterocycles. The van der Waals surface area contributed by atoms with Gasteiger partial charge in [0, 0.05) is 41.5 Å². The lowest BCUT2D eigenvalue weighted by molar-refractivity contribution is 0.0927. The van der Waals surface area contributed by atoms with Gasteiger partial charge in [-0.3, -0.25) is 14.4 Å². The van der Waals surface area contributed by atoms with Gasteiger partial charge in [0.1, 0.15) is 11.5 Å². The van der Waals surface area contributed by atoms with Gasteiger partial charge < -0.3 is 25.4 Å². The molecule has 0 aliphatic rings. The molecule has 0 spiro atoms. The number of carbonyl (C=O) groups excluding carboxylic acids is 3. The Bertz CT molecular complexity index is 1140. The summed E-state index contributed by atoms with van der Waals surface area (Å²) < 4.78 is 10.3. The quantitative estimate of drug-likeness (QED) is 0.424. The van der Waals surface area contributed by atoms with E-state index >= 15 is 0 Å². The molecule has 8 heteroatoms. The van der Waals surface area contributed by atoms with Crippen molar-refractivity contribution in [3.63, 3.8) is 0 Å². The molecule has 0 bridgehead atoms. The van der Waals surface area contributed by atoms with E-state index in [2.05, 4.69) is 16.0 Å². The third-order valence-electron chi connectivity index (χ3n) is 5.03. The molecule has 0 heterocycles. The molecule has 0 saturated carbocycles. The summed E-state index contributed by atoms with van der Waals surface area (Å²) in [6.45, 7) is 2.45. The molecule has 0 aliphatic heterocycles. The number of hydrogen-bond acceptors (Lipinski definition) is 5. The van der Waals surface area contributed by atoms with Gasteiger partial charge in [-0.2, -0.15) is 0 Å². The maximum absolute atomic E-state index is 12.4. The van der Waals surface area contributed by atoms with E-state index in [9.17, 15) is 14.4 Å². The van der Waals surface area contributed by atoms with Crippen molar-refractivity contribution < 1.29 is 23.9 Å². The number of rotatable bonds is 9. The van der Waals surface area contributed by atoms with E-state index in [-0.39, 0.29) is 30.8 Å². The first-order valence-corrected chi connectivity index (χ1v) is 10.7. The van der Waals surface area contributed by atoms with Crippen LogP contribution in [0.4, 0.5) is 5.69 Å². The van der Waals surface area contributed by atoms with E-state index in [0.29, 0.717) is 33.9 Å². The highest BCUT2D eigenvalue weighted by atomic mass is 16.5. The molecule has 3 amide bonds. The summed E-state index contributed by atoms with van der Waals surface area (Å²) in [5.41, 5.74) is 3.06. The van der Waals surface area contributed by atoms with Gasteiger partial charge in [-0.1, -0.05) is 17.7 Å². The standard InChI is InChI=1S/C26H27N3O5/c1-17-4-6-19(7-5-17)26(32)29-21-10-8-18(9-11-21)24(30)27-12-13-28-25(31)20-14-22(33-2)16-23(15-20)34-3/h4-11,14-16H,12-13H2,1-3H3,(H,27,30)(H,28,31)(H,29,32). The fourth-order valence-electron chi connectivity index (χ4n) is 3.11.